The molecule has 10 heteroatoms. The Morgan fingerprint density at radius 3 is 1.61 bits per heavy atom. The lowest BCUT2D eigenvalue weighted by Gasteiger charge is -2.20. The van der Waals surface area contributed by atoms with Crippen molar-refractivity contribution in [2.75, 3.05) is 11.5 Å². The summed E-state index contributed by atoms with van der Waals surface area (Å²) in [5.41, 5.74) is 9.47. The first kappa shape index (κ1) is 50.9. The lowest BCUT2D eigenvalue weighted by molar-refractivity contribution is -0.106. The third kappa shape index (κ3) is 17.1. The third-order valence-corrected chi connectivity index (χ3v) is 12.6. The lowest BCUT2D eigenvalue weighted by Crippen LogP contribution is -2.24. The zero-order valence-corrected chi connectivity index (χ0v) is 41.0. The quantitative estimate of drug-likeness (QED) is 0.0211. The van der Waals surface area contributed by atoms with Crippen molar-refractivity contribution in [1.82, 2.24) is 0 Å². The van der Waals surface area contributed by atoms with E-state index in [1.54, 1.807) is 23.8 Å². The van der Waals surface area contributed by atoms with Gasteiger partial charge in [-0.05, 0) is 163 Å². The third-order valence-electron chi connectivity index (χ3n) is 9.33. The van der Waals surface area contributed by atoms with Gasteiger partial charge in [-0.2, -0.15) is 0 Å². The second kappa shape index (κ2) is 24.2. The van der Waals surface area contributed by atoms with Crippen LogP contribution in [0.3, 0.4) is 0 Å². The minimum atomic E-state index is -1.46. The smallest absolute Gasteiger partial charge is 0.347 e. The molecule has 5 rings (SSSR count). The van der Waals surface area contributed by atoms with E-state index < -0.39 is 19.2 Å². The molecule has 0 saturated heterocycles. The van der Waals surface area contributed by atoms with Gasteiger partial charge in [0.15, 0.2) is 0 Å². The summed E-state index contributed by atoms with van der Waals surface area (Å²) in [5.74, 6) is 5.12. The van der Waals surface area contributed by atoms with Gasteiger partial charge in [0.2, 0.25) is 8.32 Å². The average molecular weight is 898 g/mol. The molecule has 1 heterocycles. The van der Waals surface area contributed by atoms with Crippen molar-refractivity contribution < 1.29 is 23.5 Å². The summed E-state index contributed by atoms with van der Waals surface area (Å²) in [5, 5.41) is 9.78. The Balaban J connectivity index is 0.000000260. The van der Waals surface area contributed by atoms with Gasteiger partial charge in [0.05, 0.1) is 5.76 Å². The van der Waals surface area contributed by atoms with Crippen molar-refractivity contribution in [2.45, 2.75) is 111 Å². The maximum Gasteiger partial charge on any atom is 0.347 e. The molecule has 0 amide bonds. The SMILES string of the molecule is C=C(CCCSc1ccc(C)cc1)O[Si](C)(C)C.Cc1cc(C)c(C(=C=O)C(=O)Cl)c(C)c1.Cc1ccc(SCCCc2cc(O)c(-c3c(C)cc(C)cc3C)c(=O)o2)cc1. The molecule has 0 spiro atoms. The molecule has 324 valence electrons. The van der Waals surface area contributed by atoms with Gasteiger partial charge in [-0.25, -0.2) is 9.59 Å². The fourth-order valence-corrected chi connectivity index (χ4v) is 9.68. The molecule has 0 atom stereocenters. The van der Waals surface area contributed by atoms with E-state index in [0.29, 0.717) is 17.7 Å². The summed E-state index contributed by atoms with van der Waals surface area (Å²) < 4.78 is 11.4. The van der Waals surface area contributed by atoms with Crippen LogP contribution in [0.2, 0.25) is 19.6 Å². The average Bonchev–Trinajstić information content (AvgIpc) is 3.15. The summed E-state index contributed by atoms with van der Waals surface area (Å²) >= 11 is 9.01. The van der Waals surface area contributed by atoms with Crippen LogP contribution >= 0.6 is 35.1 Å². The van der Waals surface area contributed by atoms with Gasteiger partial charge in [0, 0.05) is 34.3 Å². The molecule has 6 nitrogen and oxygen atoms in total. The van der Waals surface area contributed by atoms with Crippen LogP contribution in [0, 0.1) is 55.4 Å². The molecule has 0 bridgehead atoms. The van der Waals surface area contributed by atoms with Crippen LogP contribution in [0.25, 0.3) is 16.7 Å². The number of hydrogen-bond donors (Lipinski definition) is 1. The van der Waals surface area contributed by atoms with Crippen LogP contribution in [-0.4, -0.2) is 36.1 Å². The molecule has 0 fully saturated rings. The number of thioether (sulfide) groups is 2. The van der Waals surface area contributed by atoms with E-state index in [2.05, 4.69) is 88.6 Å². The van der Waals surface area contributed by atoms with Crippen molar-refractivity contribution in [2.24, 2.45) is 0 Å². The maximum atomic E-state index is 12.6. The highest BCUT2D eigenvalue weighted by molar-refractivity contribution is 7.99. The van der Waals surface area contributed by atoms with Crippen LogP contribution in [0.4, 0.5) is 0 Å². The first-order valence-electron chi connectivity index (χ1n) is 20.4. The zero-order chi connectivity index (χ0) is 45.4. The summed E-state index contributed by atoms with van der Waals surface area (Å²) in [7, 11) is -1.46. The van der Waals surface area contributed by atoms with Crippen molar-refractivity contribution in [1.29, 1.82) is 0 Å². The van der Waals surface area contributed by atoms with E-state index in [1.807, 2.05) is 77.6 Å². The number of aromatic hydroxyl groups is 1. The Kier molecular flexibility index (Phi) is 20.2. The van der Waals surface area contributed by atoms with E-state index in [9.17, 15) is 19.5 Å². The van der Waals surface area contributed by atoms with Gasteiger partial charge in [-0.3, -0.25) is 4.79 Å². The molecule has 5 aromatic rings. The second-order valence-corrected chi connectivity index (χ2v) is 23.5. The predicted octanol–water partition coefficient (Wildman–Crippen LogP) is 13.8. The van der Waals surface area contributed by atoms with Gasteiger partial charge in [0.1, 0.15) is 28.6 Å². The van der Waals surface area contributed by atoms with Gasteiger partial charge in [-0.15, -0.1) is 23.5 Å². The monoisotopic (exact) mass is 896 g/mol. The van der Waals surface area contributed by atoms with E-state index in [-0.39, 0.29) is 16.9 Å². The minimum absolute atomic E-state index is 0.00695. The van der Waals surface area contributed by atoms with Crippen LogP contribution in [-0.2, 0) is 20.4 Å². The summed E-state index contributed by atoms with van der Waals surface area (Å²) in [6.07, 6.45) is 3.58. The Morgan fingerprint density at radius 2 is 1.18 bits per heavy atom. The maximum absolute atomic E-state index is 12.6. The van der Waals surface area contributed by atoms with E-state index >= 15 is 0 Å². The highest BCUT2D eigenvalue weighted by atomic mass is 35.5. The molecule has 0 aliphatic heterocycles. The van der Waals surface area contributed by atoms with Gasteiger partial charge >= 0.3 is 5.63 Å². The molecular weight excluding hydrogens is 836 g/mol. The van der Waals surface area contributed by atoms with E-state index in [0.717, 1.165) is 75.5 Å². The standard InChI is InChI=1S/C24H26O3S.C15H24OSSi.C12H11ClO2/c1-15-7-9-20(10-8-15)28-11-5-6-19-14-21(25)23(24(26)27-19)22-17(3)12-16(2)13-18(22)4;1-13-8-10-15(11-9-13)17-12-6-7-14(2)16-18(3,4)5;1-7-4-8(2)11(9(3)5-7)10(6-14)12(13)15/h7-10,12-14,25H,5-6,11H2,1-4H3;8-11H,2,6-7,12H2,1,3-5H3;4-5H,1-3H3. The number of carbonyl (C=O) groups is 1. The van der Waals surface area contributed by atoms with Crippen LogP contribution < -0.4 is 5.63 Å². The number of carbonyl (C=O) groups excluding carboxylic acids is 2. The molecule has 61 heavy (non-hydrogen) atoms. The normalized spacial score (nSPS) is 10.8. The van der Waals surface area contributed by atoms with E-state index in [1.165, 1.54) is 20.9 Å². The van der Waals surface area contributed by atoms with E-state index in [4.69, 9.17) is 20.4 Å². The molecular formula is C51H61ClO6S2Si. The molecule has 0 radical (unpaired) electrons. The number of allylic oxidation sites excluding steroid dienone is 2. The van der Waals surface area contributed by atoms with Crippen molar-refractivity contribution >= 4 is 60.2 Å². The zero-order valence-electron chi connectivity index (χ0n) is 37.6. The van der Waals surface area contributed by atoms with Crippen LogP contribution in [0.15, 0.2) is 110 Å². The Bertz CT molecular complexity index is 2340. The van der Waals surface area contributed by atoms with Crippen LogP contribution in [0.1, 0.15) is 75.1 Å². The number of aryl methyl sites for hydroxylation is 9. The number of halogens is 1. The Hall–Kier alpha value is -4.50. The molecule has 0 unspecified atom stereocenters. The minimum Gasteiger partial charge on any atom is -0.548 e. The number of rotatable bonds is 15. The van der Waals surface area contributed by atoms with Gasteiger partial charge in [-0.1, -0.05) is 77.4 Å². The predicted molar refractivity (Wildman–Crippen MR) is 262 cm³/mol. The van der Waals surface area contributed by atoms with Gasteiger partial charge in [0.25, 0.3) is 5.24 Å². The Morgan fingerprint density at radius 1 is 0.721 bits per heavy atom. The summed E-state index contributed by atoms with van der Waals surface area (Å²) in [6.45, 7) is 26.3. The largest absolute Gasteiger partial charge is 0.548 e. The summed E-state index contributed by atoms with van der Waals surface area (Å²) in [6, 6.07) is 26.6. The highest BCUT2D eigenvalue weighted by Crippen LogP contribution is 2.33. The first-order chi connectivity index (χ1) is 28.7. The van der Waals surface area contributed by atoms with Crippen molar-refractivity contribution in [3.05, 3.63) is 157 Å². The topological polar surface area (TPSA) is 93.8 Å². The number of benzene rings is 4. The fourth-order valence-electron chi connectivity index (χ4n) is 6.87. The second-order valence-electron chi connectivity index (χ2n) is 16.3. The Labute approximate surface area is 378 Å². The molecule has 0 aliphatic carbocycles. The molecule has 0 aliphatic rings. The highest BCUT2D eigenvalue weighted by Gasteiger charge is 2.19. The molecule has 1 aromatic heterocycles. The van der Waals surface area contributed by atoms with Crippen molar-refractivity contribution in [3.8, 4) is 16.9 Å². The fraction of sp³-hybridized carbons (Fsp3) is 0.333. The van der Waals surface area contributed by atoms with Crippen LogP contribution in [0.5, 0.6) is 5.75 Å². The molecule has 4 aromatic carbocycles. The molecule has 0 saturated carbocycles. The molecule has 1 N–H and O–H groups in total. The lowest BCUT2D eigenvalue weighted by atomic mass is 9.94. The van der Waals surface area contributed by atoms with Gasteiger partial charge < -0.3 is 13.9 Å². The first-order valence-corrected chi connectivity index (χ1v) is 26.2. The van der Waals surface area contributed by atoms with Crippen molar-refractivity contribution in [3.63, 3.8) is 0 Å². The summed E-state index contributed by atoms with van der Waals surface area (Å²) in [4.78, 5) is 36.9. The number of hydrogen-bond acceptors (Lipinski definition) is 8.